The van der Waals surface area contributed by atoms with E-state index >= 15 is 0 Å². The molecule has 62 valence electrons. The lowest BCUT2D eigenvalue weighted by atomic mass is 10.1. The van der Waals surface area contributed by atoms with Crippen molar-refractivity contribution in [3.63, 3.8) is 0 Å². The molecule has 0 aromatic heterocycles. The highest BCUT2D eigenvalue weighted by Crippen LogP contribution is 2.31. The Balaban J connectivity index is 2.62. The molecule has 0 aliphatic heterocycles. The zero-order chi connectivity index (χ0) is 8.72. The second-order valence-corrected chi connectivity index (χ2v) is 3.98. The summed E-state index contributed by atoms with van der Waals surface area (Å²) in [6.45, 7) is 2.06. The minimum absolute atomic E-state index is 0.163. The van der Waals surface area contributed by atoms with Gasteiger partial charge in [0.1, 0.15) is 5.82 Å². The Bertz CT molecular complexity index is 366. The summed E-state index contributed by atoms with van der Waals surface area (Å²) >= 11 is 3.34. The number of benzene rings is 1. The summed E-state index contributed by atoms with van der Waals surface area (Å²) in [6, 6.07) is 3.11. The van der Waals surface area contributed by atoms with E-state index in [4.69, 9.17) is 0 Å². The van der Waals surface area contributed by atoms with Crippen LogP contribution >= 0.6 is 15.9 Å². The monoisotopic (exact) mass is 226 g/mol. The van der Waals surface area contributed by atoms with Gasteiger partial charge in [0.05, 0.1) is 0 Å². The van der Waals surface area contributed by atoms with Gasteiger partial charge in [-0.25, -0.2) is 4.39 Å². The molecule has 12 heavy (non-hydrogen) atoms. The van der Waals surface area contributed by atoms with E-state index in [1.165, 1.54) is 11.6 Å². The van der Waals surface area contributed by atoms with E-state index in [0.29, 0.717) is 0 Å². The molecule has 0 N–H and O–H groups in total. The van der Waals surface area contributed by atoms with Gasteiger partial charge in [-0.3, -0.25) is 0 Å². The first-order chi connectivity index (χ1) is 5.66. The Hall–Kier alpha value is -0.630. The van der Waals surface area contributed by atoms with Crippen molar-refractivity contribution in [1.82, 2.24) is 0 Å². The fourth-order valence-electron chi connectivity index (χ4n) is 1.54. The largest absolute Gasteiger partial charge is 0.207 e. The third-order valence-electron chi connectivity index (χ3n) is 2.04. The summed E-state index contributed by atoms with van der Waals surface area (Å²) in [7, 11) is 0. The summed E-state index contributed by atoms with van der Waals surface area (Å²) in [4.78, 5) is 0. The molecule has 2 rings (SSSR count). The van der Waals surface area contributed by atoms with Crippen LogP contribution in [0.25, 0.3) is 6.08 Å². The van der Waals surface area contributed by atoms with Crippen LogP contribution in [0.3, 0.4) is 0 Å². The highest BCUT2D eigenvalue weighted by atomic mass is 79.9. The maximum atomic E-state index is 12.9. The quantitative estimate of drug-likeness (QED) is 0.635. The predicted molar refractivity (Wildman–Crippen MR) is 51.5 cm³/mol. The molecule has 1 aromatic carbocycles. The van der Waals surface area contributed by atoms with Crippen LogP contribution in [0.5, 0.6) is 0 Å². The fourth-order valence-corrected chi connectivity index (χ4v) is 2.13. The summed E-state index contributed by atoms with van der Waals surface area (Å²) in [5.74, 6) is -0.163. The molecule has 0 atom stereocenters. The van der Waals surface area contributed by atoms with Crippen molar-refractivity contribution in [2.75, 3.05) is 0 Å². The van der Waals surface area contributed by atoms with Gasteiger partial charge >= 0.3 is 0 Å². The number of hydrogen-bond acceptors (Lipinski definition) is 0. The number of rotatable bonds is 0. The molecule has 1 aliphatic rings. The minimum Gasteiger partial charge on any atom is -0.207 e. The first kappa shape index (κ1) is 7.99. The van der Waals surface area contributed by atoms with E-state index in [0.717, 1.165) is 22.0 Å². The molecule has 0 saturated carbocycles. The van der Waals surface area contributed by atoms with Gasteiger partial charge < -0.3 is 0 Å². The smallest absolute Gasteiger partial charge is 0.124 e. The van der Waals surface area contributed by atoms with Gasteiger partial charge in [-0.05, 0) is 36.6 Å². The fraction of sp³-hybridized carbons (Fsp3) is 0.200. The van der Waals surface area contributed by atoms with Crippen LogP contribution in [0.2, 0.25) is 0 Å². The Morgan fingerprint density at radius 3 is 2.92 bits per heavy atom. The van der Waals surface area contributed by atoms with Crippen LogP contribution in [0.15, 0.2) is 22.2 Å². The Morgan fingerprint density at radius 1 is 1.42 bits per heavy atom. The highest BCUT2D eigenvalue weighted by molar-refractivity contribution is 9.10. The number of hydrogen-bond donors (Lipinski definition) is 0. The molecule has 1 aromatic rings. The molecular formula is C10H8BrF. The molecule has 0 bridgehead atoms. The SMILES string of the molecule is CC1=Cc2c(Br)cc(F)cc2C1. The van der Waals surface area contributed by atoms with E-state index in [1.54, 1.807) is 6.07 Å². The van der Waals surface area contributed by atoms with Crippen molar-refractivity contribution >= 4 is 22.0 Å². The number of allylic oxidation sites excluding steroid dienone is 1. The van der Waals surface area contributed by atoms with Gasteiger partial charge in [-0.2, -0.15) is 0 Å². The Morgan fingerprint density at radius 2 is 2.17 bits per heavy atom. The first-order valence-electron chi connectivity index (χ1n) is 3.82. The summed E-state index contributed by atoms with van der Waals surface area (Å²) in [5.41, 5.74) is 3.50. The molecule has 2 heteroatoms. The van der Waals surface area contributed by atoms with Crippen LogP contribution in [-0.4, -0.2) is 0 Å². The van der Waals surface area contributed by atoms with Crippen LogP contribution in [0.4, 0.5) is 4.39 Å². The standard InChI is InChI=1S/C10H8BrF/c1-6-2-7-4-8(12)5-10(11)9(7)3-6/h3-5H,2H2,1H3. The van der Waals surface area contributed by atoms with Gasteiger partial charge in [0.25, 0.3) is 0 Å². The van der Waals surface area contributed by atoms with Crippen LogP contribution in [0.1, 0.15) is 18.1 Å². The lowest BCUT2D eigenvalue weighted by Gasteiger charge is -2.00. The van der Waals surface area contributed by atoms with Crippen LogP contribution in [-0.2, 0) is 6.42 Å². The van der Waals surface area contributed by atoms with E-state index in [1.807, 2.05) is 0 Å². The topological polar surface area (TPSA) is 0 Å². The van der Waals surface area contributed by atoms with Crippen molar-refractivity contribution in [3.05, 3.63) is 39.1 Å². The second-order valence-electron chi connectivity index (χ2n) is 3.13. The maximum Gasteiger partial charge on any atom is 0.124 e. The van der Waals surface area contributed by atoms with Crippen molar-refractivity contribution in [2.24, 2.45) is 0 Å². The zero-order valence-corrected chi connectivity index (χ0v) is 8.28. The molecule has 0 amide bonds. The average Bonchev–Trinajstić information content (AvgIpc) is 2.29. The second kappa shape index (κ2) is 2.70. The maximum absolute atomic E-state index is 12.9. The van der Waals surface area contributed by atoms with E-state index < -0.39 is 0 Å². The molecule has 1 aliphatic carbocycles. The Kier molecular flexibility index (Phi) is 1.80. The lowest BCUT2D eigenvalue weighted by molar-refractivity contribution is 0.625. The number of fused-ring (bicyclic) bond motifs is 1. The summed E-state index contributed by atoms with van der Waals surface area (Å²) in [6.07, 6.45) is 2.98. The van der Waals surface area contributed by atoms with Crippen molar-refractivity contribution < 1.29 is 4.39 Å². The Labute approximate surface area is 79.2 Å². The van der Waals surface area contributed by atoms with Crippen LogP contribution < -0.4 is 0 Å². The molecule has 0 fully saturated rings. The van der Waals surface area contributed by atoms with Gasteiger partial charge in [-0.15, -0.1) is 0 Å². The van der Waals surface area contributed by atoms with Crippen molar-refractivity contribution in [2.45, 2.75) is 13.3 Å². The van der Waals surface area contributed by atoms with E-state index in [-0.39, 0.29) is 5.82 Å². The van der Waals surface area contributed by atoms with Gasteiger partial charge in [-0.1, -0.05) is 27.6 Å². The van der Waals surface area contributed by atoms with E-state index in [9.17, 15) is 4.39 Å². The third-order valence-corrected chi connectivity index (χ3v) is 2.70. The van der Waals surface area contributed by atoms with Gasteiger partial charge in [0.2, 0.25) is 0 Å². The zero-order valence-electron chi connectivity index (χ0n) is 6.70. The summed E-state index contributed by atoms with van der Waals surface area (Å²) < 4.78 is 13.8. The average molecular weight is 227 g/mol. The molecule has 0 heterocycles. The first-order valence-corrected chi connectivity index (χ1v) is 4.61. The molecule has 0 radical (unpaired) electrons. The van der Waals surface area contributed by atoms with Crippen molar-refractivity contribution in [3.8, 4) is 0 Å². The van der Waals surface area contributed by atoms with Crippen molar-refractivity contribution in [1.29, 1.82) is 0 Å². The molecule has 0 saturated heterocycles. The number of halogens is 2. The summed E-state index contributed by atoms with van der Waals surface area (Å²) in [5, 5.41) is 0. The predicted octanol–water partition coefficient (Wildman–Crippen LogP) is 3.55. The molecule has 0 unspecified atom stereocenters. The normalized spacial score (nSPS) is 14.4. The van der Waals surface area contributed by atoms with Gasteiger partial charge in [0.15, 0.2) is 0 Å². The minimum atomic E-state index is -0.163. The molecule has 0 nitrogen and oxygen atoms in total. The molecular weight excluding hydrogens is 219 g/mol. The van der Waals surface area contributed by atoms with Crippen LogP contribution in [0, 0.1) is 5.82 Å². The highest BCUT2D eigenvalue weighted by Gasteiger charge is 2.13. The molecule has 0 spiro atoms. The lowest BCUT2D eigenvalue weighted by Crippen LogP contribution is -1.86. The van der Waals surface area contributed by atoms with E-state index in [2.05, 4.69) is 28.9 Å². The third kappa shape index (κ3) is 1.20. The van der Waals surface area contributed by atoms with Gasteiger partial charge in [0, 0.05) is 4.47 Å².